The molecule has 0 unspecified atom stereocenters. The van der Waals surface area contributed by atoms with E-state index in [-0.39, 0.29) is 18.6 Å². The zero-order valence-corrected chi connectivity index (χ0v) is 13.5. The van der Waals surface area contributed by atoms with Gasteiger partial charge in [0.05, 0.1) is 0 Å². The average molecular weight is 302 g/mol. The Bertz CT molecular complexity index is 250. The molecule has 0 saturated heterocycles. The van der Waals surface area contributed by atoms with Gasteiger partial charge in [0.2, 0.25) is 0 Å². The van der Waals surface area contributed by atoms with Crippen LogP contribution in [-0.2, 0) is 22.5 Å². The van der Waals surface area contributed by atoms with E-state index >= 15 is 0 Å². The minimum Gasteiger partial charge on any atom is -0.448 e. The van der Waals surface area contributed by atoms with Crippen LogP contribution in [0.5, 0.6) is 0 Å². The zero-order valence-electron chi connectivity index (χ0n) is 11.6. The first-order valence-electron chi connectivity index (χ1n) is 5.10. The monoisotopic (exact) mass is 301 g/mol. The van der Waals surface area contributed by atoms with Gasteiger partial charge in [-0.2, -0.15) is 0 Å². The van der Waals surface area contributed by atoms with Gasteiger partial charge in [-0.15, -0.1) is 12.4 Å². The van der Waals surface area contributed by atoms with Crippen molar-refractivity contribution in [1.82, 2.24) is 6.15 Å². The van der Waals surface area contributed by atoms with Crippen LogP contribution >= 0.6 is 12.4 Å². The minimum absolute atomic E-state index is 0. The van der Waals surface area contributed by atoms with E-state index in [0.717, 1.165) is 12.8 Å². The third kappa shape index (κ3) is 7.09. The molecule has 18 heavy (non-hydrogen) atoms. The molecule has 0 radical (unpaired) electrons. The standard InChI is InChI=1S/C10H20O5Si.ClH.H3N/c1-6-7-8-9(2)10(11)15-16(12-3,13-4)14-5;;/h8H,6-7H2,1-5H3;1H;1H3. The molecule has 0 bridgehead atoms. The van der Waals surface area contributed by atoms with E-state index in [1.807, 2.05) is 13.0 Å². The van der Waals surface area contributed by atoms with E-state index in [2.05, 4.69) is 0 Å². The number of rotatable bonds is 7. The van der Waals surface area contributed by atoms with Gasteiger partial charge in [-0.05, 0) is 13.3 Å². The summed E-state index contributed by atoms with van der Waals surface area (Å²) in [6.07, 6.45) is 3.64. The molecule has 0 aliphatic rings. The molecule has 3 N–H and O–H groups in total. The molecule has 0 aliphatic heterocycles. The summed E-state index contributed by atoms with van der Waals surface area (Å²) in [5, 5.41) is 0. The van der Waals surface area contributed by atoms with E-state index in [4.69, 9.17) is 17.7 Å². The quantitative estimate of drug-likeness (QED) is 0.573. The average Bonchev–Trinajstić information content (AvgIpc) is 2.32. The van der Waals surface area contributed by atoms with Crippen LogP contribution in [0.25, 0.3) is 0 Å². The molecule has 0 atom stereocenters. The van der Waals surface area contributed by atoms with Gasteiger partial charge in [0, 0.05) is 26.9 Å². The summed E-state index contributed by atoms with van der Waals surface area (Å²) in [4.78, 5) is 11.6. The van der Waals surface area contributed by atoms with Crippen molar-refractivity contribution in [1.29, 1.82) is 0 Å². The molecule has 0 heterocycles. The fourth-order valence-electron chi connectivity index (χ4n) is 1.01. The van der Waals surface area contributed by atoms with Gasteiger partial charge in [0.15, 0.2) is 0 Å². The lowest BCUT2D eigenvalue weighted by Gasteiger charge is -2.22. The van der Waals surface area contributed by atoms with Gasteiger partial charge in [0.25, 0.3) is 0 Å². The first kappa shape index (κ1) is 22.7. The number of unbranched alkanes of at least 4 members (excludes halogenated alkanes) is 1. The largest absolute Gasteiger partial charge is 0.751 e. The fraction of sp³-hybridized carbons (Fsp3) is 0.700. The molecular weight excluding hydrogens is 278 g/mol. The Morgan fingerprint density at radius 2 is 1.61 bits per heavy atom. The first-order valence-corrected chi connectivity index (χ1v) is 6.74. The van der Waals surface area contributed by atoms with Crippen LogP contribution < -0.4 is 6.15 Å². The lowest BCUT2D eigenvalue weighted by atomic mass is 10.2. The van der Waals surface area contributed by atoms with Gasteiger partial charge in [0.1, 0.15) is 0 Å². The summed E-state index contributed by atoms with van der Waals surface area (Å²) in [5.41, 5.74) is 0.532. The SMILES string of the molecule is CCCC=C(C)C(=O)O[Si](OC)(OC)OC.Cl.N. The highest BCUT2D eigenvalue weighted by molar-refractivity contribution is 6.55. The van der Waals surface area contributed by atoms with E-state index in [1.165, 1.54) is 21.3 Å². The maximum atomic E-state index is 11.6. The summed E-state index contributed by atoms with van der Waals surface area (Å²) < 4.78 is 20.1. The Morgan fingerprint density at radius 3 is 1.94 bits per heavy atom. The molecule has 0 saturated carbocycles. The van der Waals surface area contributed by atoms with Crippen LogP contribution in [0.4, 0.5) is 0 Å². The lowest BCUT2D eigenvalue weighted by Crippen LogP contribution is -2.48. The number of hydrogen-bond donors (Lipinski definition) is 1. The van der Waals surface area contributed by atoms with Gasteiger partial charge >= 0.3 is 15.0 Å². The topological polar surface area (TPSA) is 89.0 Å². The molecule has 0 amide bonds. The van der Waals surface area contributed by atoms with E-state index in [0.29, 0.717) is 5.57 Å². The molecule has 0 spiro atoms. The van der Waals surface area contributed by atoms with Crippen molar-refractivity contribution in [3.05, 3.63) is 11.6 Å². The Hall–Kier alpha value is -0.443. The molecule has 6 nitrogen and oxygen atoms in total. The third-order valence-corrected chi connectivity index (χ3v) is 3.96. The summed E-state index contributed by atoms with van der Waals surface area (Å²) >= 11 is 0. The molecule has 110 valence electrons. The van der Waals surface area contributed by atoms with Gasteiger partial charge < -0.3 is 23.9 Å². The smallest absolute Gasteiger partial charge is 0.448 e. The Labute approximate surface area is 116 Å². The molecule has 0 rings (SSSR count). The highest BCUT2D eigenvalue weighted by Gasteiger charge is 2.47. The fourth-order valence-corrected chi connectivity index (χ4v) is 2.15. The van der Waals surface area contributed by atoms with Crippen LogP contribution in [0.1, 0.15) is 26.7 Å². The maximum absolute atomic E-state index is 11.6. The Kier molecular flexibility index (Phi) is 14.7. The second-order valence-corrected chi connectivity index (χ2v) is 5.61. The number of allylic oxidation sites excluding steroid dienone is 1. The number of carbonyl (C=O) groups is 1. The molecular formula is C10H24ClNO5Si. The predicted molar refractivity (Wildman–Crippen MR) is 73.8 cm³/mol. The Balaban J connectivity index is -0.00000112. The number of hydrogen-bond acceptors (Lipinski definition) is 6. The van der Waals surface area contributed by atoms with Crippen LogP contribution in [0.15, 0.2) is 11.6 Å². The second-order valence-electron chi connectivity index (χ2n) is 3.18. The van der Waals surface area contributed by atoms with Crippen LogP contribution in [0, 0.1) is 0 Å². The highest BCUT2D eigenvalue weighted by atomic mass is 35.5. The summed E-state index contributed by atoms with van der Waals surface area (Å²) in [5.74, 6) is -0.467. The first-order chi connectivity index (χ1) is 7.55. The molecule has 0 aromatic heterocycles. The van der Waals surface area contributed by atoms with Crippen molar-refractivity contribution >= 4 is 27.4 Å². The van der Waals surface area contributed by atoms with Crippen molar-refractivity contribution in [2.24, 2.45) is 0 Å². The number of halogens is 1. The Morgan fingerprint density at radius 1 is 1.17 bits per heavy atom. The van der Waals surface area contributed by atoms with Crippen molar-refractivity contribution in [2.45, 2.75) is 26.7 Å². The molecule has 0 fully saturated rings. The lowest BCUT2D eigenvalue weighted by molar-refractivity contribution is -0.138. The van der Waals surface area contributed by atoms with E-state index in [1.54, 1.807) is 6.92 Å². The van der Waals surface area contributed by atoms with E-state index < -0.39 is 15.0 Å². The van der Waals surface area contributed by atoms with Crippen molar-refractivity contribution in [2.75, 3.05) is 21.3 Å². The molecule has 0 aliphatic carbocycles. The third-order valence-electron chi connectivity index (χ3n) is 2.03. The summed E-state index contributed by atoms with van der Waals surface area (Å²) in [7, 11) is 0.887. The van der Waals surface area contributed by atoms with Crippen molar-refractivity contribution < 1.29 is 22.5 Å². The summed E-state index contributed by atoms with van der Waals surface area (Å²) in [6, 6.07) is 0. The molecule has 0 aromatic rings. The van der Waals surface area contributed by atoms with Gasteiger partial charge in [-0.3, -0.25) is 0 Å². The van der Waals surface area contributed by atoms with Crippen LogP contribution in [-0.4, -0.2) is 36.3 Å². The molecule has 0 aromatic carbocycles. The normalized spacial score (nSPS) is 11.3. The zero-order chi connectivity index (χ0) is 12.6. The maximum Gasteiger partial charge on any atom is 0.751 e. The van der Waals surface area contributed by atoms with Gasteiger partial charge in [-0.25, -0.2) is 4.79 Å². The number of carbonyl (C=O) groups excluding carboxylic acids is 1. The van der Waals surface area contributed by atoms with E-state index in [9.17, 15) is 4.79 Å². The highest BCUT2D eigenvalue weighted by Crippen LogP contribution is 2.11. The van der Waals surface area contributed by atoms with Crippen LogP contribution in [0.2, 0.25) is 0 Å². The second kappa shape index (κ2) is 11.6. The predicted octanol–water partition coefficient (Wildman–Crippen LogP) is 2.23. The molecule has 8 heteroatoms. The minimum atomic E-state index is -3.27. The van der Waals surface area contributed by atoms with Crippen LogP contribution in [0.3, 0.4) is 0 Å². The van der Waals surface area contributed by atoms with Crippen molar-refractivity contribution in [3.63, 3.8) is 0 Å². The summed E-state index contributed by atoms with van der Waals surface area (Å²) in [6.45, 7) is 3.73. The van der Waals surface area contributed by atoms with Crippen molar-refractivity contribution in [3.8, 4) is 0 Å². The van der Waals surface area contributed by atoms with Gasteiger partial charge in [-0.1, -0.05) is 19.4 Å².